The number of aryl methyl sites for hydroxylation is 2. The van der Waals surface area contributed by atoms with E-state index in [1.54, 1.807) is 21.1 Å². The van der Waals surface area contributed by atoms with Crippen LogP contribution in [0.15, 0.2) is 0 Å². The summed E-state index contributed by atoms with van der Waals surface area (Å²) < 4.78 is 12.1. The summed E-state index contributed by atoms with van der Waals surface area (Å²) >= 11 is 6.25. The van der Waals surface area contributed by atoms with E-state index in [0.717, 1.165) is 17.9 Å². The molecule has 1 unspecified atom stereocenters. The van der Waals surface area contributed by atoms with Gasteiger partial charge in [0.2, 0.25) is 0 Å². The Kier molecular flexibility index (Phi) is 5.80. The molecular weight excluding hydrogens is 268 g/mol. The number of ether oxygens (including phenoxy) is 2. The van der Waals surface area contributed by atoms with Gasteiger partial charge in [0.05, 0.1) is 22.0 Å². The minimum atomic E-state index is -0.972. The van der Waals surface area contributed by atoms with Crippen molar-refractivity contribution in [2.75, 3.05) is 14.2 Å². The number of halogens is 1. The van der Waals surface area contributed by atoms with Crippen LogP contribution in [0.3, 0.4) is 0 Å². The van der Waals surface area contributed by atoms with Crippen molar-refractivity contribution in [3.05, 3.63) is 16.4 Å². The van der Waals surface area contributed by atoms with Crippen LogP contribution in [0.4, 0.5) is 0 Å². The van der Waals surface area contributed by atoms with Gasteiger partial charge in [0.25, 0.3) is 0 Å². The van der Waals surface area contributed by atoms with Crippen LogP contribution in [0.2, 0.25) is 5.02 Å². The summed E-state index contributed by atoms with van der Waals surface area (Å²) in [6.07, 6.45) is 0.335. The number of aromatic nitrogens is 2. The van der Waals surface area contributed by atoms with Gasteiger partial charge in [0.15, 0.2) is 6.29 Å². The van der Waals surface area contributed by atoms with E-state index < -0.39 is 11.9 Å². The zero-order valence-corrected chi connectivity index (χ0v) is 13.0. The minimum absolute atomic E-state index is 0.365. The molecule has 0 radical (unpaired) electrons. The van der Waals surface area contributed by atoms with Crippen LogP contribution >= 0.6 is 11.6 Å². The smallest absolute Gasteiger partial charge is 0.159 e. The Hall–Kier alpha value is -0.620. The minimum Gasteiger partial charge on any atom is -0.390 e. The lowest BCUT2D eigenvalue weighted by Crippen LogP contribution is -2.34. The third-order valence-corrected chi connectivity index (χ3v) is 3.62. The first-order valence-electron chi connectivity index (χ1n) is 6.34. The molecule has 0 fully saturated rings. The van der Waals surface area contributed by atoms with Crippen molar-refractivity contribution in [3.63, 3.8) is 0 Å². The van der Waals surface area contributed by atoms with Crippen molar-refractivity contribution in [2.24, 2.45) is 0 Å². The lowest BCUT2D eigenvalue weighted by molar-refractivity contribution is -0.140. The van der Waals surface area contributed by atoms with Crippen LogP contribution in [0.5, 0.6) is 0 Å². The monoisotopic (exact) mass is 290 g/mol. The van der Waals surface area contributed by atoms with E-state index in [9.17, 15) is 5.11 Å². The highest BCUT2D eigenvalue weighted by molar-refractivity contribution is 6.31. The van der Waals surface area contributed by atoms with Gasteiger partial charge in [-0.3, -0.25) is 4.68 Å². The van der Waals surface area contributed by atoms with Crippen LogP contribution in [0.25, 0.3) is 0 Å². The summed E-state index contributed by atoms with van der Waals surface area (Å²) in [6.45, 7) is 6.32. The molecule has 5 nitrogen and oxygen atoms in total. The van der Waals surface area contributed by atoms with E-state index in [1.807, 2.05) is 18.5 Å². The Morgan fingerprint density at radius 1 is 1.42 bits per heavy atom. The van der Waals surface area contributed by atoms with Gasteiger partial charge in [-0.25, -0.2) is 0 Å². The molecule has 0 saturated carbocycles. The third kappa shape index (κ3) is 4.18. The highest BCUT2D eigenvalue weighted by Gasteiger charge is 2.29. The molecule has 19 heavy (non-hydrogen) atoms. The van der Waals surface area contributed by atoms with E-state index >= 15 is 0 Å². The number of hydrogen-bond acceptors (Lipinski definition) is 4. The molecule has 0 aliphatic carbocycles. The SMILES string of the molecule is CCn1nc(C)c(Cl)c1CC(C)(O)CC(OC)OC. The van der Waals surface area contributed by atoms with Crippen molar-refractivity contribution in [3.8, 4) is 0 Å². The largest absolute Gasteiger partial charge is 0.390 e. The Bertz CT molecular complexity index is 414. The molecule has 0 saturated heterocycles. The van der Waals surface area contributed by atoms with E-state index in [4.69, 9.17) is 21.1 Å². The molecular formula is C13H23ClN2O3. The zero-order valence-electron chi connectivity index (χ0n) is 12.2. The number of hydrogen-bond donors (Lipinski definition) is 1. The molecule has 1 rings (SSSR count). The first-order chi connectivity index (χ1) is 8.84. The van der Waals surface area contributed by atoms with Crippen molar-refractivity contribution in [1.29, 1.82) is 0 Å². The molecule has 0 spiro atoms. The second-order valence-corrected chi connectivity index (χ2v) is 5.32. The predicted octanol–water partition coefficient (Wildman–Crippen LogP) is 2.17. The van der Waals surface area contributed by atoms with E-state index in [1.165, 1.54) is 0 Å². The predicted molar refractivity (Wildman–Crippen MR) is 74.4 cm³/mol. The topological polar surface area (TPSA) is 56.5 Å². The highest BCUT2D eigenvalue weighted by Crippen LogP contribution is 2.27. The molecule has 1 atom stereocenters. The van der Waals surface area contributed by atoms with E-state index in [0.29, 0.717) is 17.9 Å². The molecule has 110 valence electrons. The normalized spacial score (nSPS) is 14.9. The summed E-state index contributed by atoms with van der Waals surface area (Å²) in [5.41, 5.74) is 0.654. The van der Waals surface area contributed by atoms with Gasteiger partial charge in [0.1, 0.15) is 0 Å². The summed E-state index contributed by atoms with van der Waals surface area (Å²) in [4.78, 5) is 0. The van der Waals surface area contributed by atoms with Crippen LogP contribution in [-0.4, -0.2) is 41.0 Å². The Labute approximate surface area is 119 Å². The fourth-order valence-corrected chi connectivity index (χ4v) is 2.29. The first-order valence-corrected chi connectivity index (χ1v) is 6.72. The van der Waals surface area contributed by atoms with Crippen LogP contribution in [0, 0.1) is 6.92 Å². The van der Waals surface area contributed by atoms with Crippen LogP contribution < -0.4 is 0 Å². The summed E-state index contributed by atoms with van der Waals surface area (Å²) in [6, 6.07) is 0. The Morgan fingerprint density at radius 2 is 2.00 bits per heavy atom. The first kappa shape index (κ1) is 16.4. The second kappa shape index (κ2) is 6.70. The number of methoxy groups -OCH3 is 2. The quantitative estimate of drug-likeness (QED) is 0.782. The molecule has 0 aromatic carbocycles. The van der Waals surface area contributed by atoms with Gasteiger partial charge >= 0.3 is 0 Å². The van der Waals surface area contributed by atoms with Crippen LogP contribution in [-0.2, 0) is 22.4 Å². The molecule has 0 aliphatic heterocycles. The fourth-order valence-electron chi connectivity index (χ4n) is 2.09. The van der Waals surface area contributed by atoms with Gasteiger partial charge < -0.3 is 14.6 Å². The standard InChI is InChI=1S/C13H23ClN2O3/c1-6-16-10(12(14)9(2)15-16)7-13(3,17)8-11(18-4)19-5/h11,17H,6-8H2,1-5H3. The Morgan fingerprint density at radius 3 is 2.47 bits per heavy atom. The van der Waals surface area contributed by atoms with Crippen molar-refractivity contribution < 1.29 is 14.6 Å². The van der Waals surface area contributed by atoms with E-state index in [2.05, 4.69) is 5.10 Å². The van der Waals surface area contributed by atoms with Gasteiger partial charge in [-0.2, -0.15) is 5.10 Å². The second-order valence-electron chi connectivity index (χ2n) is 4.94. The maximum Gasteiger partial charge on any atom is 0.159 e. The fraction of sp³-hybridized carbons (Fsp3) is 0.769. The van der Waals surface area contributed by atoms with Gasteiger partial charge in [0, 0.05) is 33.6 Å². The van der Waals surface area contributed by atoms with E-state index in [-0.39, 0.29) is 0 Å². The van der Waals surface area contributed by atoms with Crippen molar-refractivity contribution >= 4 is 11.6 Å². The van der Waals surface area contributed by atoms with Gasteiger partial charge in [-0.05, 0) is 20.8 Å². The lowest BCUT2D eigenvalue weighted by Gasteiger charge is -2.27. The lowest BCUT2D eigenvalue weighted by atomic mass is 9.95. The third-order valence-electron chi connectivity index (χ3n) is 3.13. The average Bonchev–Trinajstić information content (AvgIpc) is 2.63. The van der Waals surface area contributed by atoms with Crippen molar-refractivity contribution in [1.82, 2.24) is 9.78 Å². The summed E-state index contributed by atoms with van der Waals surface area (Å²) in [5, 5.41) is 15.5. The Balaban J connectivity index is 2.88. The van der Waals surface area contributed by atoms with Gasteiger partial charge in [-0.15, -0.1) is 0 Å². The number of rotatable bonds is 7. The number of aliphatic hydroxyl groups is 1. The molecule has 0 aliphatic rings. The molecule has 0 bridgehead atoms. The van der Waals surface area contributed by atoms with Crippen molar-refractivity contribution in [2.45, 2.75) is 52.0 Å². The zero-order chi connectivity index (χ0) is 14.6. The maximum atomic E-state index is 10.5. The highest BCUT2D eigenvalue weighted by atomic mass is 35.5. The summed E-state index contributed by atoms with van der Waals surface area (Å²) in [7, 11) is 3.11. The summed E-state index contributed by atoms with van der Waals surface area (Å²) in [5.74, 6) is 0. The average molecular weight is 291 g/mol. The van der Waals surface area contributed by atoms with Gasteiger partial charge in [-0.1, -0.05) is 11.6 Å². The molecule has 1 N–H and O–H groups in total. The maximum absolute atomic E-state index is 10.5. The molecule has 1 aromatic heterocycles. The molecule has 6 heteroatoms. The number of nitrogens with zero attached hydrogens (tertiary/aromatic N) is 2. The molecule has 1 aromatic rings. The molecule has 1 heterocycles. The van der Waals surface area contributed by atoms with Crippen LogP contribution in [0.1, 0.15) is 31.7 Å². The molecule has 0 amide bonds.